The van der Waals surface area contributed by atoms with Crippen LogP contribution >= 0.6 is 0 Å². The molecule has 0 atom stereocenters. The van der Waals surface area contributed by atoms with Crippen molar-refractivity contribution < 1.29 is 0 Å². The maximum absolute atomic E-state index is 2.49. The lowest BCUT2D eigenvalue weighted by molar-refractivity contribution is 0.745. The standard InChI is InChI=1S/C24H36N2.2C2H6/c1-5-17-25(18-6-2)23-13-9-21(10-14-23)22-11-15-24(16-12-22)26(19-7-3)20-8-4;2*1-2/h9-16H,5-8,17-20H2,1-4H3;2*1-2H3. The van der Waals surface area contributed by atoms with Gasteiger partial charge in [0.15, 0.2) is 0 Å². The second kappa shape index (κ2) is 17.9. The van der Waals surface area contributed by atoms with E-state index in [2.05, 4.69) is 86.0 Å². The first-order chi connectivity index (χ1) is 14.7. The lowest BCUT2D eigenvalue weighted by Crippen LogP contribution is -2.24. The summed E-state index contributed by atoms with van der Waals surface area (Å²) < 4.78 is 0. The molecule has 0 aliphatic heterocycles. The molecule has 0 amide bonds. The Labute approximate surface area is 188 Å². The summed E-state index contributed by atoms with van der Waals surface area (Å²) in [4.78, 5) is 4.97. The zero-order valence-corrected chi connectivity index (χ0v) is 21.2. The Morgan fingerprint density at radius 2 is 0.667 bits per heavy atom. The predicted octanol–water partition coefficient (Wildman–Crippen LogP) is 8.66. The van der Waals surface area contributed by atoms with E-state index in [1.807, 2.05) is 27.7 Å². The van der Waals surface area contributed by atoms with E-state index >= 15 is 0 Å². The summed E-state index contributed by atoms with van der Waals surface area (Å²) in [5, 5.41) is 0. The van der Waals surface area contributed by atoms with Gasteiger partial charge in [0, 0.05) is 37.6 Å². The van der Waals surface area contributed by atoms with Gasteiger partial charge in [-0.2, -0.15) is 0 Å². The molecule has 2 aromatic carbocycles. The molecule has 0 aliphatic rings. The fourth-order valence-electron chi connectivity index (χ4n) is 3.55. The summed E-state index contributed by atoms with van der Waals surface area (Å²) in [7, 11) is 0. The first kappa shape index (κ1) is 28.0. The predicted molar refractivity (Wildman–Crippen MR) is 140 cm³/mol. The highest BCUT2D eigenvalue weighted by molar-refractivity contribution is 5.68. The molecule has 0 unspecified atom stereocenters. The van der Waals surface area contributed by atoms with Crippen molar-refractivity contribution in [1.29, 1.82) is 0 Å². The number of nitrogens with zero attached hydrogens (tertiary/aromatic N) is 2. The minimum atomic E-state index is 1.13. The van der Waals surface area contributed by atoms with E-state index < -0.39 is 0 Å². The first-order valence-corrected chi connectivity index (χ1v) is 12.4. The van der Waals surface area contributed by atoms with Crippen LogP contribution < -0.4 is 9.80 Å². The second-order valence-electron chi connectivity index (χ2n) is 7.07. The molecule has 0 saturated carbocycles. The summed E-state index contributed by atoms with van der Waals surface area (Å²) in [6.45, 7) is 21.5. The van der Waals surface area contributed by atoms with E-state index in [0.717, 1.165) is 26.2 Å². The third-order valence-corrected chi connectivity index (χ3v) is 4.77. The number of rotatable bonds is 11. The molecule has 0 N–H and O–H groups in total. The molecule has 2 aromatic rings. The van der Waals surface area contributed by atoms with Gasteiger partial charge in [0.25, 0.3) is 0 Å². The van der Waals surface area contributed by atoms with Crippen LogP contribution in [0.5, 0.6) is 0 Å². The molecule has 30 heavy (non-hydrogen) atoms. The molecular formula is C28H48N2. The van der Waals surface area contributed by atoms with Crippen LogP contribution in [0.4, 0.5) is 11.4 Å². The van der Waals surface area contributed by atoms with Gasteiger partial charge in [0.1, 0.15) is 0 Å². The van der Waals surface area contributed by atoms with Crippen molar-refractivity contribution in [1.82, 2.24) is 0 Å². The van der Waals surface area contributed by atoms with Crippen LogP contribution in [-0.4, -0.2) is 26.2 Å². The van der Waals surface area contributed by atoms with Crippen molar-refractivity contribution in [2.45, 2.75) is 81.1 Å². The third kappa shape index (κ3) is 9.24. The monoisotopic (exact) mass is 412 g/mol. The minimum absolute atomic E-state index is 1.13. The largest absolute Gasteiger partial charge is 0.372 e. The normalized spacial score (nSPS) is 9.73. The average Bonchev–Trinajstić information content (AvgIpc) is 2.82. The van der Waals surface area contributed by atoms with E-state index in [1.165, 1.54) is 48.2 Å². The van der Waals surface area contributed by atoms with Gasteiger partial charge in [-0.3, -0.25) is 0 Å². The lowest BCUT2D eigenvalue weighted by Gasteiger charge is -2.24. The molecule has 0 heterocycles. The average molecular weight is 413 g/mol. The van der Waals surface area contributed by atoms with Crippen LogP contribution in [0.2, 0.25) is 0 Å². The summed E-state index contributed by atoms with van der Waals surface area (Å²) in [5.74, 6) is 0. The maximum Gasteiger partial charge on any atom is 0.0366 e. The third-order valence-electron chi connectivity index (χ3n) is 4.77. The molecule has 2 nitrogen and oxygen atoms in total. The number of anilines is 2. The van der Waals surface area contributed by atoms with Crippen LogP contribution in [0, 0.1) is 0 Å². The van der Waals surface area contributed by atoms with Crippen molar-refractivity contribution in [3.63, 3.8) is 0 Å². The topological polar surface area (TPSA) is 6.48 Å². The van der Waals surface area contributed by atoms with E-state index in [1.54, 1.807) is 0 Å². The highest BCUT2D eigenvalue weighted by Gasteiger charge is 2.07. The maximum atomic E-state index is 2.49. The number of benzene rings is 2. The smallest absolute Gasteiger partial charge is 0.0366 e. The molecule has 0 bridgehead atoms. The quantitative estimate of drug-likeness (QED) is 0.364. The van der Waals surface area contributed by atoms with Crippen molar-refractivity contribution in [3.8, 4) is 11.1 Å². The van der Waals surface area contributed by atoms with Crippen LogP contribution in [0.25, 0.3) is 11.1 Å². The minimum Gasteiger partial charge on any atom is -0.372 e. The molecule has 2 rings (SSSR count). The van der Waals surface area contributed by atoms with Gasteiger partial charge in [-0.25, -0.2) is 0 Å². The molecule has 0 saturated heterocycles. The summed E-state index contributed by atoms with van der Waals surface area (Å²) in [6, 6.07) is 18.1. The Morgan fingerprint density at radius 3 is 0.867 bits per heavy atom. The fourth-order valence-corrected chi connectivity index (χ4v) is 3.55. The van der Waals surface area contributed by atoms with Crippen molar-refractivity contribution in [2.75, 3.05) is 36.0 Å². The second-order valence-corrected chi connectivity index (χ2v) is 7.07. The molecule has 0 radical (unpaired) electrons. The van der Waals surface area contributed by atoms with Gasteiger partial charge in [0.05, 0.1) is 0 Å². The molecule has 170 valence electrons. The van der Waals surface area contributed by atoms with Crippen LogP contribution in [0.3, 0.4) is 0 Å². The van der Waals surface area contributed by atoms with E-state index in [0.29, 0.717) is 0 Å². The van der Waals surface area contributed by atoms with Crippen molar-refractivity contribution in [3.05, 3.63) is 48.5 Å². The highest BCUT2D eigenvalue weighted by Crippen LogP contribution is 2.26. The molecular weight excluding hydrogens is 364 g/mol. The van der Waals surface area contributed by atoms with Crippen molar-refractivity contribution >= 4 is 11.4 Å². The Bertz CT molecular complexity index is 547. The molecule has 0 fully saturated rings. The highest BCUT2D eigenvalue weighted by atomic mass is 15.1. The van der Waals surface area contributed by atoms with E-state index in [9.17, 15) is 0 Å². The zero-order chi connectivity index (χ0) is 22.8. The molecule has 2 heteroatoms. The van der Waals surface area contributed by atoms with E-state index in [4.69, 9.17) is 0 Å². The van der Waals surface area contributed by atoms with Gasteiger partial charge in [-0.05, 0) is 61.1 Å². The SMILES string of the molecule is CC.CC.CCCN(CCC)c1ccc(-c2ccc(N(CCC)CCC)cc2)cc1. The Balaban J connectivity index is 0.00000198. The fraction of sp³-hybridized carbons (Fsp3) is 0.571. The number of hydrogen-bond donors (Lipinski definition) is 0. The van der Waals surface area contributed by atoms with E-state index in [-0.39, 0.29) is 0 Å². The van der Waals surface area contributed by atoms with Crippen LogP contribution in [0.1, 0.15) is 81.1 Å². The summed E-state index contributed by atoms with van der Waals surface area (Å²) in [6.07, 6.45) is 4.76. The zero-order valence-electron chi connectivity index (χ0n) is 21.2. The van der Waals surface area contributed by atoms with Gasteiger partial charge in [0.2, 0.25) is 0 Å². The van der Waals surface area contributed by atoms with Gasteiger partial charge in [-0.1, -0.05) is 79.7 Å². The molecule has 0 aliphatic carbocycles. The lowest BCUT2D eigenvalue weighted by atomic mass is 10.0. The van der Waals surface area contributed by atoms with Gasteiger partial charge < -0.3 is 9.80 Å². The van der Waals surface area contributed by atoms with Gasteiger partial charge in [-0.15, -0.1) is 0 Å². The molecule has 0 spiro atoms. The Morgan fingerprint density at radius 1 is 0.433 bits per heavy atom. The van der Waals surface area contributed by atoms with Crippen molar-refractivity contribution in [2.24, 2.45) is 0 Å². The van der Waals surface area contributed by atoms with Crippen LogP contribution in [-0.2, 0) is 0 Å². The van der Waals surface area contributed by atoms with Crippen LogP contribution in [0.15, 0.2) is 48.5 Å². The Hall–Kier alpha value is -1.96. The number of hydrogen-bond acceptors (Lipinski definition) is 2. The van der Waals surface area contributed by atoms with Gasteiger partial charge >= 0.3 is 0 Å². The summed E-state index contributed by atoms with van der Waals surface area (Å²) >= 11 is 0. The molecule has 0 aromatic heterocycles. The first-order valence-electron chi connectivity index (χ1n) is 12.4. The summed E-state index contributed by atoms with van der Waals surface area (Å²) in [5.41, 5.74) is 5.27. The Kier molecular flexibility index (Phi) is 16.7.